The van der Waals surface area contributed by atoms with Gasteiger partial charge in [-0.2, -0.15) is 5.10 Å². The second-order valence-electron chi connectivity index (χ2n) is 3.88. The van der Waals surface area contributed by atoms with Gasteiger partial charge in [-0.15, -0.1) is 0 Å². The Labute approximate surface area is 98.6 Å². The highest BCUT2D eigenvalue weighted by Gasteiger charge is 2.26. The third kappa shape index (κ3) is 2.68. The van der Waals surface area contributed by atoms with Crippen LogP contribution in [0.1, 0.15) is 25.6 Å². The molecule has 2 N–H and O–H groups in total. The predicted molar refractivity (Wildman–Crippen MR) is 58.7 cm³/mol. The van der Waals surface area contributed by atoms with Crippen LogP contribution in [0, 0.1) is 0 Å². The third-order valence-corrected chi connectivity index (χ3v) is 2.74. The SMILES string of the molecule is CCn1ncnc1CNC1CCC(=O)NC1=O. The minimum atomic E-state index is -0.324. The molecule has 2 heterocycles. The number of nitrogens with one attached hydrogen (secondary N) is 2. The Morgan fingerprint density at radius 3 is 3.12 bits per heavy atom. The number of aromatic nitrogens is 3. The Bertz CT molecular complexity index is 428. The zero-order valence-electron chi connectivity index (χ0n) is 9.64. The summed E-state index contributed by atoms with van der Waals surface area (Å²) in [6.45, 7) is 3.19. The second kappa shape index (κ2) is 5.05. The van der Waals surface area contributed by atoms with Crippen LogP contribution < -0.4 is 10.6 Å². The molecule has 7 heteroatoms. The lowest BCUT2D eigenvalue weighted by Crippen LogP contribution is -2.50. The number of rotatable bonds is 4. The van der Waals surface area contributed by atoms with Crippen molar-refractivity contribution < 1.29 is 9.59 Å². The van der Waals surface area contributed by atoms with Crippen LogP contribution in [0.5, 0.6) is 0 Å². The molecule has 0 aliphatic carbocycles. The molecule has 7 nitrogen and oxygen atoms in total. The summed E-state index contributed by atoms with van der Waals surface area (Å²) in [7, 11) is 0. The fourth-order valence-electron chi connectivity index (χ4n) is 1.79. The smallest absolute Gasteiger partial charge is 0.243 e. The minimum absolute atomic E-state index is 0.204. The van der Waals surface area contributed by atoms with Crippen molar-refractivity contribution in [3.63, 3.8) is 0 Å². The summed E-state index contributed by atoms with van der Waals surface area (Å²) in [5.41, 5.74) is 0. The molecule has 1 unspecified atom stereocenters. The molecular weight excluding hydrogens is 222 g/mol. The molecule has 2 rings (SSSR count). The van der Waals surface area contributed by atoms with Gasteiger partial charge in [0.1, 0.15) is 12.2 Å². The van der Waals surface area contributed by atoms with Gasteiger partial charge in [-0.3, -0.25) is 20.2 Å². The van der Waals surface area contributed by atoms with Gasteiger partial charge in [0.2, 0.25) is 11.8 Å². The fourth-order valence-corrected chi connectivity index (χ4v) is 1.79. The van der Waals surface area contributed by atoms with Crippen molar-refractivity contribution in [3.05, 3.63) is 12.2 Å². The van der Waals surface area contributed by atoms with Gasteiger partial charge in [-0.25, -0.2) is 9.67 Å². The maximum Gasteiger partial charge on any atom is 0.243 e. The van der Waals surface area contributed by atoms with Crippen molar-refractivity contribution in [2.45, 2.75) is 38.9 Å². The van der Waals surface area contributed by atoms with E-state index in [1.165, 1.54) is 6.33 Å². The highest BCUT2D eigenvalue weighted by molar-refractivity contribution is 6.00. The molecule has 0 aromatic carbocycles. The maximum absolute atomic E-state index is 11.5. The molecule has 1 aromatic heterocycles. The number of carbonyl (C=O) groups excluding carboxylic acids is 2. The second-order valence-corrected chi connectivity index (χ2v) is 3.88. The van der Waals surface area contributed by atoms with Crippen LogP contribution in [0.3, 0.4) is 0 Å². The highest BCUT2D eigenvalue weighted by atomic mass is 16.2. The van der Waals surface area contributed by atoms with E-state index in [0.717, 1.165) is 12.4 Å². The zero-order chi connectivity index (χ0) is 12.3. The Morgan fingerprint density at radius 1 is 1.59 bits per heavy atom. The summed E-state index contributed by atoms with van der Waals surface area (Å²) in [6, 6.07) is -0.324. The number of piperidine rings is 1. The van der Waals surface area contributed by atoms with Crippen molar-refractivity contribution in [2.24, 2.45) is 0 Å². The third-order valence-electron chi connectivity index (χ3n) is 2.74. The molecule has 1 atom stereocenters. The summed E-state index contributed by atoms with van der Waals surface area (Å²) in [5, 5.41) is 9.43. The van der Waals surface area contributed by atoms with Gasteiger partial charge in [-0.1, -0.05) is 0 Å². The van der Waals surface area contributed by atoms with Crippen LogP contribution in [0.2, 0.25) is 0 Å². The number of nitrogens with zero attached hydrogens (tertiary/aromatic N) is 3. The summed E-state index contributed by atoms with van der Waals surface area (Å²) in [6.07, 6.45) is 2.40. The lowest BCUT2D eigenvalue weighted by Gasteiger charge is -2.21. The monoisotopic (exact) mass is 237 g/mol. The van der Waals surface area contributed by atoms with Crippen molar-refractivity contribution in [3.8, 4) is 0 Å². The Morgan fingerprint density at radius 2 is 2.41 bits per heavy atom. The number of aryl methyl sites for hydroxylation is 1. The van der Waals surface area contributed by atoms with Crippen molar-refractivity contribution in [1.29, 1.82) is 0 Å². The summed E-state index contributed by atoms with van der Waals surface area (Å²) >= 11 is 0. The van der Waals surface area contributed by atoms with Gasteiger partial charge in [-0.05, 0) is 13.3 Å². The largest absolute Gasteiger partial charge is 0.299 e. The molecule has 1 aliphatic heterocycles. The Hall–Kier alpha value is -1.76. The van der Waals surface area contributed by atoms with Gasteiger partial charge in [0.15, 0.2) is 0 Å². The first-order valence-corrected chi connectivity index (χ1v) is 5.64. The van der Waals surface area contributed by atoms with Crippen molar-refractivity contribution in [2.75, 3.05) is 0 Å². The molecule has 0 saturated carbocycles. The van der Waals surface area contributed by atoms with Crippen molar-refractivity contribution >= 4 is 11.8 Å². The molecular formula is C10H15N5O2. The van der Waals surface area contributed by atoms with Crippen LogP contribution in [-0.2, 0) is 22.7 Å². The first-order valence-electron chi connectivity index (χ1n) is 5.64. The molecule has 0 spiro atoms. The quantitative estimate of drug-likeness (QED) is 0.669. The molecule has 1 saturated heterocycles. The van der Waals surface area contributed by atoms with Crippen LogP contribution in [0.4, 0.5) is 0 Å². The van der Waals surface area contributed by atoms with Gasteiger partial charge < -0.3 is 0 Å². The number of hydrogen-bond donors (Lipinski definition) is 2. The van der Waals surface area contributed by atoms with E-state index >= 15 is 0 Å². The summed E-state index contributed by atoms with van der Waals surface area (Å²) in [4.78, 5) is 26.5. The average molecular weight is 237 g/mol. The van der Waals surface area contributed by atoms with E-state index < -0.39 is 0 Å². The molecule has 92 valence electrons. The lowest BCUT2D eigenvalue weighted by molar-refractivity contribution is -0.134. The van der Waals surface area contributed by atoms with E-state index in [0.29, 0.717) is 19.4 Å². The molecule has 0 bridgehead atoms. The van der Waals surface area contributed by atoms with Crippen LogP contribution in [0.25, 0.3) is 0 Å². The van der Waals surface area contributed by atoms with Gasteiger partial charge in [0.25, 0.3) is 0 Å². The number of hydrogen-bond acceptors (Lipinski definition) is 5. The van der Waals surface area contributed by atoms with Gasteiger partial charge in [0.05, 0.1) is 12.6 Å². The number of carbonyl (C=O) groups is 2. The molecule has 1 fully saturated rings. The molecule has 2 amide bonds. The van der Waals surface area contributed by atoms with Crippen LogP contribution in [0.15, 0.2) is 6.33 Å². The first-order chi connectivity index (χ1) is 8.20. The molecule has 1 aliphatic rings. The van der Waals surface area contributed by atoms with Gasteiger partial charge >= 0.3 is 0 Å². The van der Waals surface area contributed by atoms with E-state index in [1.807, 2.05) is 6.92 Å². The number of imide groups is 1. The first kappa shape index (κ1) is 11.7. The van der Waals surface area contributed by atoms with E-state index in [9.17, 15) is 9.59 Å². The average Bonchev–Trinajstić information content (AvgIpc) is 2.75. The van der Waals surface area contributed by atoms with E-state index in [1.54, 1.807) is 4.68 Å². The van der Waals surface area contributed by atoms with Crippen LogP contribution >= 0.6 is 0 Å². The summed E-state index contributed by atoms with van der Waals surface area (Å²) < 4.78 is 1.76. The number of amides is 2. The predicted octanol–water partition coefficient (Wildman–Crippen LogP) is -0.807. The molecule has 17 heavy (non-hydrogen) atoms. The summed E-state index contributed by atoms with van der Waals surface area (Å²) in [5.74, 6) is 0.325. The molecule has 1 aromatic rings. The Kier molecular flexibility index (Phi) is 3.48. The normalized spacial score (nSPS) is 20.4. The Balaban J connectivity index is 1.90. The molecule has 0 radical (unpaired) electrons. The van der Waals surface area contributed by atoms with Crippen molar-refractivity contribution in [1.82, 2.24) is 25.4 Å². The highest BCUT2D eigenvalue weighted by Crippen LogP contribution is 2.05. The maximum atomic E-state index is 11.5. The van der Waals surface area contributed by atoms with Crippen LogP contribution in [-0.4, -0.2) is 32.6 Å². The lowest BCUT2D eigenvalue weighted by atomic mass is 10.1. The van der Waals surface area contributed by atoms with E-state index in [-0.39, 0.29) is 17.9 Å². The minimum Gasteiger partial charge on any atom is -0.299 e. The zero-order valence-corrected chi connectivity index (χ0v) is 9.64. The van der Waals surface area contributed by atoms with E-state index in [4.69, 9.17) is 0 Å². The standard InChI is InChI=1S/C10H15N5O2/c1-2-15-8(12-6-13-15)5-11-7-3-4-9(16)14-10(7)17/h6-7,11H,2-5H2,1H3,(H,14,16,17). The topological polar surface area (TPSA) is 88.9 Å². The fraction of sp³-hybridized carbons (Fsp3) is 0.600. The van der Waals surface area contributed by atoms with Gasteiger partial charge in [0, 0.05) is 13.0 Å². The van der Waals surface area contributed by atoms with E-state index in [2.05, 4.69) is 20.7 Å².